The summed E-state index contributed by atoms with van der Waals surface area (Å²) >= 11 is 0. The van der Waals surface area contributed by atoms with Crippen LogP contribution >= 0.6 is 0 Å². The Morgan fingerprint density at radius 1 is 0.292 bits per heavy atom. The minimum absolute atomic E-state index is 0.0779. The first kappa shape index (κ1) is 46.5. The molecule has 0 radical (unpaired) electrons. The van der Waals surface area contributed by atoms with E-state index in [9.17, 15) is 26.3 Å². The maximum atomic E-state index is 14.9. The van der Waals surface area contributed by atoms with Gasteiger partial charge in [0, 0.05) is 34.1 Å². The number of aryl methyl sites for hydroxylation is 4. The predicted molar refractivity (Wildman–Crippen MR) is 285 cm³/mol. The van der Waals surface area contributed by atoms with Gasteiger partial charge in [0.1, 0.15) is 0 Å². The second-order valence-corrected chi connectivity index (χ2v) is 18.9. The Labute approximate surface area is 415 Å². The Balaban J connectivity index is 0.918. The molecule has 0 aliphatic heterocycles. The Bertz CT molecular complexity index is 3250. The van der Waals surface area contributed by atoms with Gasteiger partial charge in [0.05, 0.1) is 11.1 Å². The molecule has 0 spiro atoms. The van der Waals surface area contributed by atoms with Crippen molar-refractivity contribution in [3.63, 3.8) is 0 Å². The van der Waals surface area contributed by atoms with Crippen LogP contribution in [0.4, 0.5) is 60.5 Å². The zero-order valence-corrected chi connectivity index (χ0v) is 39.4. The summed E-state index contributed by atoms with van der Waals surface area (Å²) in [6.07, 6.45) is 5.78. The minimum Gasteiger partial charge on any atom is -0.310 e. The molecule has 0 heterocycles. The van der Waals surface area contributed by atoms with Gasteiger partial charge in [-0.3, -0.25) is 0 Å². The summed E-state index contributed by atoms with van der Waals surface area (Å²) < 4.78 is 89.3. The zero-order valence-electron chi connectivity index (χ0n) is 39.4. The highest BCUT2D eigenvalue weighted by Crippen LogP contribution is 2.49. The SMILES string of the molecule is FC(F)(F)c1c(C(F)(F)F)c2ccc(/C=C/c3ccc(N(c4ccccc4)c4ccc5c(c4)CCCC5)cc3)cc2c2cc(/C=C\c3ccc(N(c4ccccc4)c4ccc5c(c4)CCCC5)cc3)ccc12. The van der Waals surface area contributed by atoms with Crippen molar-refractivity contribution in [3.8, 4) is 0 Å². The summed E-state index contributed by atoms with van der Waals surface area (Å²) in [4.78, 5) is 4.45. The van der Waals surface area contributed by atoms with E-state index in [1.54, 1.807) is 24.3 Å². The zero-order chi connectivity index (χ0) is 49.4. The molecule has 2 aliphatic carbocycles. The number of nitrogens with zero attached hydrogens (tertiary/aromatic N) is 2. The van der Waals surface area contributed by atoms with E-state index in [1.165, 1.54) is 72.2 Å². The number of anilines is 6. The molecule has 0 atom stereocenters. The molecular weight excluding hydrogens is 911 g/mol. The van der Waals surface area contributed by atoms with Crippen LogP contribution in [0.5, 0.6) is 0 Å². The van der Waals surface area contributed by atoms with Crippen LogP contribution in [0.15, 0.2) is 182 Å². The van der Waals surface area contributed by atoms with Gasteiger partial charge in [0.15, 0.2) is 0 Å². The number of halogens is 6. The van der Waals surface area contributed by atoms with Crippen molar-refractivity contribution in [2.24, 2.45) is 0 Å². The van der Waals surface area contributed by atoms with Crippen LogP contribution in [0.2, 0.25) is 0 Å². The summed E-state index contributed by atoms with van der Waals surface area (Å²) in [6.45, 7) is 0. The lowest BCUT2D eigenvalue weighted by Crippen LogP contribution is -2.18. The van der Waals surface area contributed by atoms with Crippen molar-refractivity contribution < 1.29 is 26.3 Å². The summed E-state index contributed by atoms with van der Waals surface area (Å²) in [5.74, 6) is 0. The van der Waals surface area contributed by atoms with Crippen LogP contribution in [0.1, 0.15) is 81.3 Å². The van der Waals surface area contributed by atoms with E-state index < -0.39 is 34.3 Å². The molecule has 0 amide bonds. The van der Waals surface area contributed by atoms with Gasteiger partial charge in [-0.2, -0.15) is 26.3 Å². The van der Waals surface area contributed by atoms with Gasteiger partial charge in [-0.1, -0.05) is 121 Å². The highest BCUT2D eigenvalue weighted by molar-refractivity contribution is 6.12. The van der Waals surface area contributed by atoms with Gasteiger partial charge in [-0.05, 0) is 202 Å². The number of fused-ring (bicyclic) bond motifs is 5. The Morgan fingerprint density at radius 3 is 0.986 bits per heavy atom. The molecule has 0 saturated carbocycles. The first-order valence-corrected chi connectivity index (χ1v) is 24.6. The van der Waals surface area contributed by atoms with Crippen LogP contribution in [0, 0.1) is 0 Å². The van der Waals surface area contributed by atoms with Gasteiger partial charge in [-0.15, -0.1) is 0 Å². The fourth-order valence-electron chi connectivity index (χ4n) is 10.7. The molecule has 0 aromatic heterocycles. The number of para-hydroxylation sites is 2. The van der Waals surface area contributed by atoms with Crippen LogP contribution in [0.3, 0.4) is 0 Å². The molecule has 9 aromatic carbocycles. The van der Waals surface area contributed by atoms with Gasteiger partial charge >= 0.3 is 12.4 Å². The highest BCUT2D eigenvalue weighted by atomic mass is 19.4. The molecule has 0 bridgehead atoms. The van der Waals surface area contributed by atoms with E-state index in [0.717, 1.165) is 70.9 Å². The molecule has 11 rings (SSSR count). The maximum absolute atomic E-state index is 14.9. The molecule has 2 nitrogen and oxygen atoms in total. The van der Waals surface area contributed by atoms with Crippen molar-refractivity contribution in [2.75, 3.05) is 9.80 Å². The maximum Gasteiger partial charge on any atom is 0.417 e. The van der Waals surface area contributed by atoms with Gasteiger partial charge in [0.25, 0.3) is 0 Å². The van der Waals surface area contributed by atoms with Crippen molar-refractivity contribution in [2.45, 2.75) is 63.7 Å². The molecule has 72 heavy (non-hydrogen) atoms. The minimum atomic E-state index is -5.27. The molecule has 358 valence electrons. The lowest BCUT2D eigenvalue weighted by Gasteiger charge is -2.27. The summed E-state index contributed by atoms with van der Waals surface area (Å²) in [6, 6.07) is 58.1. The van der Waals surface area contributed by atoms with Gasteiger partial charge < -0.3 is 9.80 Å². The van der Waals surface area contributed by atoms with E-state index in [4.69, 9.17) is 0 Å². The van der Waals surface area contributed by atoms with E-state index in [1.807, 2.05) is 97.1 Å². The fraction of sp³-hybridized carbons (Fsp3) is 0.156. The molecule has 2 aliphatic rings. The van der Waals surface area contributed by atoms with E-state index >= 15 is 0 Å². The standard InChI is InChI=1S/C64H50F6N2/c65-63(66,67)61-57-37-27-45(21-19-43-23-31-53(32-24-43)71(51-15-3-1-4-16-51)55-35-29-47-11-7-9-13-49(47)41-55)39-59(57)60-40-46(28-38-58(60)62(61)64(68,69)70)22-20-44-25-33-54(34-26-44)72(52-17-5-2-6-18-52)56-36-30-48-12-8-10-14-50(48)42-56/h1-6,15-42H,7-14H2/b21-19-,22-20+. The van der Waals surface area contributed by atoms with Crippen molar-refractivity contribution in [3.05, 3.63) is 238 Å². The normalized spacial score (nSPS) is 14.0. The predicted octanol–water partition coefficient (Wildman–Crippen LogP) is 19.1. The van der Waals surface area contributed by atoms with Crippen LogP contribution in [-0.2, 0) is 38.0 Å². The monoisotopic (exact) mass is 960 g/mol. The Hall–Kier alpha value is -7.84. The quantitative estimate of drug-likeness (QED) is 0.0766. The molecule has 0 saturated heterocycles. The number of hydrogen-bond acceptors (Lipinski definition) is 2. The van der Waals surface area contributed by atoms with Crippen LogP contribution in [-0.4, -0.2) is 0 Å². The first-order chi connectivity index (χ1) is 34.9. The topological polar surface area (TPSA) is 6.48 Å². The van der Waals surface area contributed by atoms with Crippen LogP contribution < -0.4 is 9.80 Å². The van der Waals surface area contributed by atoms with Crippen molar-refractivity contribution >= 4 is 80.0 Å². The van der Waals surface area contributed by atoms with E-state index in [2.05, 4.69) is 70.5 Å². The van der Waals surface area contributed by atoms with Crippen LogP contribution in [0.25, 0.3) is 45.8 Å². The smallest absolute Gasteiger partial charge is 0.310 e. The number of rotatable bonds is 10. The summed E-state index contributed by atoms with van der Waals surface area (Å²) in [5, 5.41) is -0.862. The molecular formula is C64H50F6N2. The third kappa shape index (κ3) is 9.53. The number of benzene rings is 9. The summed E-state index contributed by atoms with van der Waals surface area (Å²) in [7, 11) is 0. The third-order valence-electron chi connectivity index (χ3n) is 14.2. The van der Waals surface area contributed by atoms with Crippen molar-refractivity contribution in [1.29, 1.82) is 0 Å². The van der Waals surface area contributed by atoms with Crippen molar-refractivity contribution in [1.82, 2.24) is 0 Å². The number of hydrogen-bond donors (Lipinski definition) is 0. The number of alkyl halides is 6. The first-order valence-electron chi connectivity index (χ1n) is 24.6. The lowest BCUT2D eigenvalue weighted by molar-refractivity contribution is -0.160. The molecule has 9 aromatic rings. The van der Waals surface area contributed by atoms with Gasteiger partial charge in [-0.25, -0.2) is 0 Å². The lowest BCUT2D eigenvalue weighted by atomic mass is 9.89. The van der Waals surface area contributed by atoms with E-state index in [-0.39, 0.29) is 10.8 Å². The second kappa shape index (κ2) is 19.4. The third-order valence-corrected chi connectivity index (χ3v) is 14.2. The highest BCUT2D eigenvalue weighted by Gasteiger charge is 2.46. The molecule has 0 unspecified atom stereocenters. The summed E-state index contributed by atoms with van der Waals surface area (Å²) in [5.41, 5.74) is 11.1. The van der Waals surface area contributed by atoms with Gasteiger partial charge in [0.2, 0.25) is 0 Å². The largest absolute Gasteiger partial charge is 0.417 e. The average Bonchev–Trinajstić information content (AvgIpc) is 3.40. The van der Waals surface area contributed by atoms with E-state index in [0.29, 0.717) is 11.1 Å². The Morgan fingerprint density at radius 2 is 0.611 bits per heavy atom. The molecule has 0 N–H and O–H groups in total. The molecule has 8 heteroatoms. The molecule has 0 fully saturated rings. The average molecular weight is 961 g/mol. The fourth-order valence-corrected chi connectivity index (χ4v) is 10.7. The second-order valence-electron chi connectivity index (χ2n) is 18.9. The Kier molecular flexibility index (Phi) is 12.5.